The fourth-order valence-corrected chi connectivity index (χ4v) is 4.71. The zero-order valence-electron chi connectivity index (χ0n) is 18.3. The summed E-state index contributed by atoms with van der Waals surface area (Å²) < 4.78 is 0. The van der Waals surface area contributed by atoms with Crippen LogP contribution in [-0.2, 0) is 0 Å². The summed E-state index contributed by atoms with van der Waals surface area (Å²) in [5, 5.41) is 13.4. The number of benzene rings is 1. The molecule has 1 aliphatic heterocycles. The number of likely N-dealkylation sites (N-methyl/N-ethyl adjacent to an activating group) is 1. The minimum absolute atomic E-state index is 0.0977. The number of hydrogen-bond acceptors (Lipinski definition) is 7. The van der Waals surface area contributed by atoms with Gasteiger partial charge < -0.3 is 20.1 Å². The van der Waals surface area contributed by atoms with Gasteiger partial charge in [0.1, 0.15) is 17.3 Å². The Morgan fingerprint density at radius 1 is 1.09 bits per heavy atom. The van der Waals surface area contributed by atoms with Crippen LogP contribution in [0.3, 0.4) is 0 Å². The maximum absolute atomic E-state index is 12.2. The molecular formula is C24H27N7O. The molecule has 3 aromatic rings. The van der Waals surface area contributed by atoms with Crippen LogP contribution in [0.5, 0.6) is 0 Å². The maximum Gasteiger partial charge on any atom is 0.267 e. The van der Waals surface area contributed by atoms with Crippen LogP contribution in [0.2, 0.25) is 0 Å². The number of pyridine rings is 1. The summed E-state index contributed by atoms with van der Waals surface area (Å²) in [5.74, 6) is 0.783. The lowest BCUT2D eigenvalue weighted by atomic mass is 10.00. The molecule has 0 unspecified atom stereocenters. The fraction of sp³-hybridized carbons (Fsp3) is 0.417. The standard InChI is InChI=1S/C24H27N7O/c1-30-10-12-31(13-11-30)19-8-6-18(7-9-19)26-24-27-21(16-4-2-3-5-16)20-14-17(15-25)23(32)28-22(20)29-24/h6-9,14,16H,2-5,10-13H2,1H3,(H2,26,27,28,29,32). The van der Waals surface area contributed by atoms with Crippen molar-refractivity contribution >= 4 is 28.4 Å². The number of hydrogen-bond donors (Lipinski definition) is 2. The van der Waals surface area contributed by atoms with Crippen molar-refractivity contribution in [2.24, 2.45) is 0 Å². The van der Waals surface area contributed by atoms with Crippen LogP contribution in [0, 0.1) is 11.3 Å². The number of piperazine rings is 1. The van der Waals surface area contributed by atoms with Crippen molar-refractivity contribution in [1.82, 2.24) is 19.9 Å². The first-order valence-corrected chi connectivity index (χ1v) is 11.3. The van der Waals surface area contributed by atoms with Gasteiger partial charge in [-0.25, -0.2) is 4.98 Å². The Morgan fingerprint density at radius 2 is 1.81 bits per heavy atom. The Hall–Kier alpha value is -3.44. The van der Waals surface area contributed by atoms with Gasteiger partial charge in [0, 0.05) is 48.9 Å². The molecule has 2 aromatic heterocycles. The molecule has 0 amide bonds. The van der Waals surface area contributed by atoms with Gasteiger partial charge in [-0.1, -0.05) is 12.8 Å². The largest absolute Gasteiger partial charge is 0.369 e. The van der Waals surface area contributed by atoms with Crippen molar-refractivity contribution in [1.29, 1.82) is 5.26 Å². The molecule has 0 bridgehead atoms. The highest BCUT2D eigenvalue weighted by atomic mass is 16.1. The van der Waals surface area contributed by atoms with E-state index in [0.717, 1.165) is 55.8 Å². The van der Waals surface area contributed by atoms with Crippen LogP contribution in [0.4, 0.5) is 17.3 Å². The number of aromatic amines is 1. The Kier molecular flexibility index (Phi) is 5.50. The second-order valence-corrected chi connectivity index (χ2v) is 8.76. The summed E-state index contributed by atoms with van der Waals surface area (Å²) in [6, 6.07) is 11.9. The lowest BCUT2D eigenvalue weighted by Gasteiger charge is -2.34. The average molecular weight is 430 g/mol. The number of aromatic nitrogens is 3. The SMILES string of the molecule is CN1CCN(c2ccc(Nc3nc(C4CCCC4)c4cc(C#N)c(=O)[nH]c4n3)cc2)CC1. The first-order chi connectivity index (χ1) is 15.6. The van der Waals surface area contributed by atoms with Gasteiger partial charge >= 0.3 is 0 Å². The summed E-state index contributed by atoms with van der Waals surface area (Å²) in [4.78, 5) is 29.1. The molecule has 0 radical (unpaired) electrons. The van der Waals surface area contributed by atoms with Crippen molar-refractivity contribution in [3.8, 4) is 6.07 Å². The van der Waals surface area contributed by atoms with Gasteiger partial charge in [0.05, 0.1) is 5.69 Å². The molecule has 0 spiro atoms. The van der Waals surface area contributed by atoms with Gasteiger partial charge in [-0.15, -0.1) is 0 Å². The third kappa shape index (κ3) is 4.04. The molecule has 1 saturated carbocycles. The highest BCUT2D eigenvalue weighted by molar-refractivity contribution is 5.81. The molecule has 8 nitrogen and oxygen atoms in total. The Balaban J connectivity index is 1.45. The molecule has 2 N–H and O–H groups in total. The highest BCUT2D eigenvalue weighted by Gasteiger charge is 2.23. The summed E-state index contributed by atoms with van der Waals surface area (Å²) in [6.45, 7) is 4.20. The Bertz CT molecular complexity index is 1210. The van der Waals surface area contributed by atoms with E-state index < -0.39 is 5.56 Å². The molecule has 8 heteroatoms. The first-order valence-electron chi connectivity index (χ1n) is 11.3. The molecule has 2 fully saturated rings. The average Bonchev–Trinajstić information content (AvgIpc) is 3.34. The molecule has 2 aliphatic rings. The van der Waals surface area contributed by atoms with E-state index in [2.05, 4.69) is 44.3 Å². The fourth-order valence-electron chi connectivity index (χ4n) is 4.71. The normalized spacial score (nSPS) is 17.6. The number of nitriles is 1. The van der Waals surface area contributed by atoms with Crippen molar-refractivity contribution < 1.29 is 0 Å². The second kappa shape index (κ2) is 8.60. The van der Waals surface area contributed by atoms with Crippen LogP contribution in [-0.4, -0.2) is 53.1 Å². The molecule has 1 saturated heterocycles. The molecule has 1 aromatic carbocycles. The van der Waals surface area contributed by atoms with E-state index in [1.165, 1.54) is 18.5 Å². The predicted molar refractivity (Wildman–Crippen MR) is 126 cm³/mol. The number of nitrogens with zero attached hydrogens (tertiary/aromatic N) is 5. The van der Waals surface area contributed by atoms with E-state index in [-0.39, 0.29) is 5.56 Å². The summed E-state index contributed by atoms with van der Waals surface area (Å²) >= 11 is 0. The molecular weight excluding hydrogens is 402 g/mol. The summed E-state index contributed by atoms with van der Waals surface area (Å²) in [5.41, 5.74) is 3.18. The van der Waals surface area contributed by atoms with E-state index in [4.69, 9.17) is 4.98 Å². The van der Waals surface area contributed by atoms with E-state index in [1.807, 2.05) is 18.2 Å². The maximum atomic E-state index is 12.2. The van der Waals surface area contributed by atoms with Crippen LogP contribution < -0.4 is 15.8 Å². The van der Waals surface area contributed by atoms with Crippen LogP contribution in [0.25, 0.3) is 11.0 Å². The van der Waals surface area contributed by atoms with Crippen LogP contribution in [0.15, 0.2) is 35.1 Å². The number of rotatable bonds is 4. The first kappa shape index (κ1) is 20.5. The van der Waals surface area contributed by atoms with Crippen LogP contribution in [0.1, 0.15) is 42.9 Å². The third-order valence-corrected chi connectivity index (χ3v) is 6.59. The molecule has 5 rings (SSSR count). The van der Waals surface area contributed by atoms with Gasteiger partial charge in [0.25, 0.3) is 5.56 Å². The number of fused-ring (bicyclic) bond motifs is 1. The van der Waals surface area contributed by atoms with E-state index >= 15 is 0 Å². The molecule has 3 heterocycles. The molecule has 164 valence electrons. The van der Waals surface area contributed by atoms with Crippen molar-refractivity contribution in [3.63, 3.8) is 0 Å². The minimum Gasteiger partial charge on any atom is -0.369 e. The number of nitrogens with one attached hydrogen (secondary N) is 2. The number of anilines is 3. The van der Waals surface area contributed by atoms with Gasteiger partial charge in [0.2, 0.25) is 5.95 Å². The minimum atomic E-state index is -0.418. The molecule has 32 heavy (non-hydrogen) atoms. The molecule has 0 atom stereocenters. The Morgan fingerprint density at radius 3 is 2.50 bits per heavy atom. The number of H-pyrrole nitrogens is 1. The zero-order valence-corrected chi connectivity index (χ0v) is 18.3. The summed E-state index contributed by atoms with van der Waals surface area (Å²) in [7, 11) is 2.15. The monoisotopic (exact) mass is 429 g/mol. The van der Waals surface area contributed by atoms with Crippen molar-refractivity contribution in [3.05, 3.63) is 51.9 Å². The Labute approximate surface area is 186 Å². The van der Waals surface area contributed by atoms with Gasteiger partial charge in [-0.3, -0.25) is 4.79 Å². The molecule has 1 aliphatic carbocycles. The van der Waals surface area contributed by atoms with E-state index in [9.17, 15) is 10.1 Å². The predicted octanol–water partition coefficient (Wildman–Crippen LogP) is 3.34. The van der Waals surface area contributed by atoms with Crippen molar-refractivity contribution in [2.75, 3.05) is 43.4 Å². The lowest BCUT2D eigenvalue weighted by molar-refractivity contribution is 0.313. The van der Waals surface area contributed by atoms with E-state index in [1.54, 1.807) is 6.07 Å². The third-order valence-electron chi connectivity index (χ3n) is 6.59. The quantitative estimate of drug-likeness (QED) is 0.656. The highest BCUT2D eigenvalue weighted by Crippen LogP contribution is 2.36. The van der Waals surface area contributed by atoms with Gasteiger partial charge in [0.15, 0.2) is 0 Å². The van der Waals surface area contributed by atoms with E-state index in [0.29, 0.717) is 17.5 Å². The van der Waals surface area contributed by atoms with Gasteiger partial charge in [-0.2, -0.15) is 10.2 Å². The lowest BCUT2D eigenvalue weighted by Crippen LogP contribution is -2.44. The van der Waals surface area contributed by atoms with Crippen molar-refractivity contribution in [2.45, 2.75) is 31.6 Å². The topological polar surface area (TPSA) is 101 Å². The second-order valence-electron chi connectivity index (χ2n) is 8.76. The van der Waals surface area contributed by atoms with Crippen LogP contribution >= 0.6 is 0 Å². The smallest absolute Gasteiger partial charge is 0.267 e. The zero-order chi connectivity index (χ0) is 22.1. The van der Waals surface area contributed by atoms with Gasteiger partial charge in [-0.05, 0) is 50.2 Å². The summed E-state index contributed by atoms with van der Waals surface area (Å²) in [6.07, 6.45) is 4.46.